The average Bonchev–Trinajstić information content (AvgIpc) is 2.74. The summed E-state index contributed by atoms with van der Waals surface area (Å²) in [5.74, 6) is -0.520. The first-order valence-electron chi connectivity index (χ1n) is 6.28. The Morgan fingerprint density at radius 1 is 1.24 bits per heavy atom. The lowest BCUT2D eigenvalue weighted by molar-refractivity contribution is -0.114. The fourth-order valence-electron chi connectivity index (χ4n) is 2.44. The van der Waals surface area contributed by atoms with Crippen LogP contribution in [0.5, 0.6) is 11.5 Å². The van der Waals surface area contributed by atoms with E-state index in [0.29, 0.717) is 11.3 Å². The minimum atomic E-state index is -0.935. The van der Waals surface area contributed by atoms with Crippen LogP contribution in [0.25, 0.3) is 0 Å². The third kappa shape index (κ3) is 2.33. The van der Waals surface area contributed by atoms with Gasteiger partial charge in [0.15, 0.2) is 23.4 Å². The van der Waals surface area contributed by atoms with Crippen molar-refractivity contribution in [3.8, 4) is 11.5 Å². The Bertz CT molecular complexity index is 640. The summed E-state index contributed by atoms with van der Waals surface area (Å²) in [4.78, 5) is 23.8. The van der Waals surface area contributed by atoms with Crippen LogP contribution >= 0.6 is 0 Å². The van der Waals surface area contributed by atoms with Gasteiger partial charge >= 0.3 is 5.97 Å². The number of carbonyl (C=O) groups is 2. The molecule has 2 rings (SSSR count). The summed E-state index contributed by atoms with van der Waals surface area (Å²) in [7, 11) is 2.87. The standard InChI is InChI=1S/C15H16O6/c1-7(16)11(8(2)17)13-9-5-6-10(19-3)14(20-4)12(9)15(18)21-13/h5-6,13,16H,1-4H3/b11-7-/t13-/m0/s1. The van der Waals surface area contributed by atoms with Gasteiger partial charge in [-0.3, -0.25) is 4.79 Å². The van der Waals surface area contributed by atoms with Crippen LogP contribution < -0.4 is 9.47 Å². The third-order valence-corrected chi connectivity index (χ3v) is 3.32. The van der Waals surface area contributed by atoms with E-state index >= 15 is 0 Å². The molecule has 0 saturated heterocycles. The zero-order valence-corrected chi connectivity index (χ0v) is 12.2. The molecule has 0 aliphatic carbocycles. The molecule has 1 aromatic carbocycles. The molecule has 21 heavy (non-hydrogen) atoms. The second kappa shape index (κ2) is 5.47. The maximum atomic E-state index is 12.1. The molecule has 112 valence electrons. The van der Waals surface area contributed by atoms with Gasteiger partial charge in [-0.2, -0.15) is 0 Å². The highest BCUT2D eigenvalue weighted by Gasteiger charge is 2.39. The zero-order valence-electron chi connectivity index (χ0n) is 12.2. The Morgan fingerprint density at radius 2 is 1.90 bits per heavy atom. The van der Waals surface area contributed by atoms with Gasteiger partial charge in [-0.25, -0.2) is 4.79 Å². The first-order chi connectivity index (χ1) is 9.92. The fraction of sp³-hybridized carbons (Fsp3) is 0.333. The number of aliphatic hydroxyl groups excluding tert-OH is 1. The number of allylic oxidation sites excluding steroid dienone is 1. The number of cyclic esters (lactones) is 1. The van der Waals surface area contributed by atoms with E-state index < -0.39 is 12.1 Å². The molecule has 0 radical (unpaired) electrons. The van der Waals surface area contributed by atoms with Gasteiger partial charge in [0.1, 0.15) is 5.56 Å². The van der Waals surface area contributed by atoms with Gasteiger partial charge in [0.05, 0.1) is 25.6 Å². The number of fused-ring (bicyclic) bond motifs is 1. The van der Waals surface area contributed by atoms with E-state index in [0.717, 1.165) is 0 Å². The van der Waals surface area contributed by atoms with E-state index in [1.165, 1.54) is 28.1 Å². The second-order valence-electron chi connectivity index (χ2n) is 4.61. The van der Waals surface area contributed by atoms with Crippen LogP contribution in [-0.2, 0) is 9.53 Å². The van der Waals surface area contributed by atoms with Gasteiger partial charge in [-0.05, 0) is 19.9 Å². The van der Waals surface area contributed by atoms with Crippen LogP contribution in [0.2, 0.25) is 0 Å². The molecule has 1 heterocycles. The molecular formula is C15H16O6. The van der Waals surface area contributed by atoms with Crippen molar-refractivity contribution >= 4 is 11.8 Å². The number of hydrogen-bond acceptors (Lipinski definition) is 6. The van der Waals surface area contributed by atoms with Crippen molar-refractivity contribution in [2.45, 2.75) is 20.0 Å². The number of ketones is 1. The maximum Gasteiger partial charge on any atom is 0.343 e. The van der Waals surface area contributed by atoms with Gasteiger partial charge < -0.3 is 19.3 Å². The van der Waals surface area contributed by atoms with Crippen LogP contribution in [0.15, 0.2) is 23.5 Å². The number of rotatable bonds is 4. The quantitative estimate of drug-likeness (QED) is 0.521. The number of benzene rings is 1. The molecule has 1 aliphatic heterocycles. The van der Waals surface area contributed by atoms with Crippen molar-refractivity contribution in [3.63, 3.8) is 0 Å². The molecule has 0 bridgehead atoms. The normalized spacial score (nSPS) is 17.7. The maximum absolute atomic E-state index is 12.1. The number of esters is 1. The molecule has 0 fully saturated rings. The van der Waals surface area contributed by atoms with E-state index in [2.05, 4.69) is 0 Å². The second-order valence-corrected chi connectivity index (χ2v) is 4.61. The lowest BCUT2D eigenvalue weighted by Gasteiger charge is -2.14. The lowest BCUT2D eigenvalue weighted by Crippen LogP contribution is -2.11. The van der Waals surface area contributed by atoms with E-state index in [9.17, 15) is 14.7 Å². The number of methoxy groups -OCH3 is 2. The largest absolute Gasteiger partial charge is 0.512 e. The summed E-state index contributed by atoms with van der Waals surface area (Å²) in [5, 5.41) is 9.69. The number of Topliss-reactive ketones (excluding diaryl/α,β-unsaturated/α-hetero) is 1. The van der Waals surface area contributed by atoms with E-state index in [4.69, 9.17) is 14.2 Å². The Morgan fingerprint density at radius 3 is 2.38 bits per heavy atom. The van der Waals surface area contributed by atoms with Crippen LogP contribution in [-0.4, -0.2) is 31.1 Å². The van der Waals surface area contributed by atoms with Crippen LogP contribution in [0.4, 0.5) is 0 Å². The molecular weight excluding hydrogens is 276 g/mol. The monoisotopic (exact) mass is 292 g/mol. The minimum Gasteiger partial charge on any atom is -0.512 e. The van der Waals surface area contributed by atoms with Crippen molar-refractivity contribution < 1.29 is 28.9 Å². The van der Waals surface area contributed by atoms with Crippen molar-refractivity contribution in [2.24, 2.45) is 0 Å². The van der Waals surface area contributed by atoms with Crippen molar-refractivity contribution in [2.75, 3.05) is 14.2 Å². The molecule has 6 nitrogen and oxygen atoms in total. The number of ether oxygens (including phenoxy) is 3. The third-order valence-electron chi connectivity index (χ3n) is 3.32. The molecule has 1 aromatic rings. The highest BCUT2D eigenvalue weighted by atomic mass is 16.6. The summed E-state index contributed by atoms with van der Waals surface area (Å²) in [5.41, 5.74) is 0.729. The summed E-state index contributed by atoms with van der Waals surface area (Å²) in [6, 6.07) is 3.25. The predicted molar refractivity (Wildman–Crippen MR) is 73.7 cm³/mol. The number of aliphatic hydroxyl groups is 1. The van der Waals surface area contributed by atoms with Gasteiger partial charge in [-0.1, -0.05) is 6.07 Å². The summed E-state index contributed by atoms with van der Waals surface area (Å²) in [6.07, 6.45) is -0.935. The van der Waals surface area contributed by atoms with Crippen molar-refractivity contribution in [1.82, 2.24) is 0 Å². The van der Waals surface area contributed by atoms with Crippen LogP contribution in [0.3, 0.4) is 0 Å². The Balaban J connectivity index is 2.65. The van der Waals surface area contributed by atoms with Crippen LogP contribution in [0.1, 0.15) is 35.9 Å². The Kier molecular flexibility index (Phi) is 3.88. The van der Waals surface area contributed by atoms with E-state index in [-0.39, 0.29) is 28.4 Å². The predicted octanol–water partition coefficient (Wildman–Crippen LogP) is 2.34. The SMILES string of the molecule is COc1ccc2c(c1OC)C(=O)O[C@@H]2/C(C(C)=O)=C(/C)O. The topological polar surface area (TPSA) is 82.1 Å². The molecule has 0 amide bonds. The molecule has 6 heteroatoms. The van der Waals surface area contributed by atoms with Crippen molar-refractivity contribution in [1.29, 1.82) is 0 Å². The summed E-state index contributed by atoms with van der Waals surface area (Å²) < 4.78 is 15.6. The first kappa shape index (κ1) is 14.9. The Hall–Kier alpha value is -2.50. The van der Waals surface area contributed by atoms with E-state index in [1.807, 2.05) is 0 Å². The molecule has 1 atom stereocenters. The highest BCUT2D eigenvalue weighted by Crippen LogP contribution is 2.44. The molecule has 1 N–H and O–H groups in total. The van der Waals surface area contributed by atoms with Gasteiger partial charge in [0, 0.05) is 5.56 Å². The van der Waals surface area contributed by atoms with Gasteiger partial charge in [-0.15, -0.1) is 0 Å². The fourth-order valence-corrected chi connectivity index (χ4v) is 2.44. The highest BCUT2D eigenvalue weighted by molar-refractivity contribution is 6.02. The lowest BCUT2D eigenvalue weighted by atomic mass is 9.95. The molecule has 0 spiro atoms. The minimum absolute atomic E-state index is 0.0503. The molecule has 0 saturated carbocycles. The number of carbonyl (C=O) groups excluding carboxylic acids is 2. The summed E-state index contributed by atoms with van der Waals surface area (Å²) >= 11 is 0. The van der Waals surface area contributed by atoms with Crippen molar-refractivity contribution in [3.05, 3.63) is 34.6 Å². The molecule has 0 aromatic heterocycles. The zero-order chi connectivity index (χ0) is 15.7. The van der Waals surface area contributed by atoms with E-state index in [1.54, 1.807) is 12.1 Å². The van der Waals surface area contributed by atoms with Gasteiger partial charge in [0.2, 0.25) is 0 Å². The van der Waals surface area contributed by atoms with Gasteiger partial charge in [0.25, 0.3) is 0 Å². The first-order valence-corrected chi connectivity index (χ1v) is 6.28. The van der Waals surface area contributed by atoms with Crippen LogP contribution in [0, 0.1) is 0 Å². The Labute approximate surface area is 121 Å². The average molecular weight is 292 g/mol. The molecule has 0 unspecified atom stereocenters. The smallest absolute Gasteiger partial charge is 0.343 e. The summed E-state index contributed by atoms with van der Waals surface area (Å²) in [6.45, 7) is 2.69. The number of hydrogen-bond donors (Lipinski definition) is 1. The molecule has 1 aliphatic rings.